The predicted molar refractivity (Wildman–Crippen MR) is 65.9 cm³/mol. The molecule has 2 atom stereocenters. The van der Waals surface area contributed by atoms with E-state index in [1.807, 2.05) is 4.90 Å². The Balaban J connectivity index is 1.87. The van der Waals surface area contributed by atoms with Crippen LogP contribution in [0.25, 0.3) is 0 Å². The molecular weight excluding hydrogens is 218 g/mol. The maximum Gasteiger partial charge on any atom is 0.239 e. The SMILES string of the molecule is COC1CNC(C(=O)N2CCCN(C)CC2)C1. The summed E-state index contributed by atoms with van der Waals surface area (Å²) >= 11 is 0. The maximum absolute atomic E-state index is 12.3. The lowest BCUT2D eigenvalue weighted by Gasteiger charge is -2.24. The fourth-order valence-electron chi connectivity index (χ4n) is 2.56. The Kier molecular flexibility index (Phi) is 4.36. The Hall–Kier alpha value is -0.650. The monoisotopic (exact) mass is 241 g/mol. The largest absolute Gasteiger partial charge is 0.380 e. The Morgan fingerprint density at radius 1 is 1.29 bits per heavy atom. The van der Waals surface area contributed by atoms with Gasteiger partial charge in [-0.2, -0.15) is 0 Å². The van der Waals surface area contributed by atoms with Gasteiger partial charge in [-0.15, -0.1) is 0 Å². The Labute approximate surface area is 103 Å². The highest BCUT2D eigenvalue weighted by molar-refractivity contribution is 5.82. The first kappa shape index (κ1) is 12.8. The molecule has 2 unspecified atom stereocenters. The van der Waals surface area contributed by atoms with Crippen molar-refractivity contribution >= 4 is 5.91 Å². The van der Waals surface area contributed by atoms with Crippen LogP contribution in [-0.4, -0.2) is 74.7 Å². The number of methoxy groups -OCH3 is 1. The molecule has 0 aromatic rings. The number of likely N-dealkylation sites (N-methyl/N-ethyl adjacent to an activating group) is 1. The van der Waals surface area contributed by atoms with Gasteiger partial charge in [0.05, 0.1) is 12.1 Å². The van der Waals surface area contributed by atoms with Crippen LogP contribution in [0.1, 0.15) is 12.8 Å². The van der Waals surface area contributed by atoms with E-state index in [9.17, 15) is 4.79 Å². The molecule has 2 saturated heterocycles. The van der Waals surface area contributed by atoms with E-state index in [1.165, 1.54) is 0 Å². The summed E-state index contributed by atoms with van der Waals surface area (Å²) in [5, 5.41) is 3.26. The molecule has 0 saturated carbocycles. The molecule has 2 fully saturated rings. The molecule has 5 nitrogen and oxygen atoms in total. The number of amides is 1. The highest BCUT2D eigenvalue weighted by Crippen LogP contribution is 2.13. The van der Waals surface area contributed by atoms with Gasteiger partial charge in [0.25, 0.3) is 0 Å². The van der Waals surface area contributed by atoms with E-state index in [0.717, 1.165) is 45.6 Å². The van der Waals surface area contributed by atoms with Gasteiger partial charge in [0, 0.05) is 33.3 Å². The third kappa shape index (κ3) is 3.18. The normalized spacial score (nSPS) is 31.5. The average molecular weight is 241 g/mol. The van der Waals surface area contributed by atoms with Crippen LogP contribution in [0, 0.1) is 0 Å². The van der Waals surface area contributed by atoms with Crippen molar-refractivity contribution in [3.63, 3.8) is 0 Å². The van der Waals surface area contributed by atoms with E-state index in [0.29, 0.717) is 0 Å². The molecule has 0 bridgehead atoms. The van der Waals surface area contributed by atoms with E-state index < -0.39 is 0 Å². The summed E-state index contributed by atoms with van der Waals surface area (Å²) in [7, 11) is 3.82. The number of nitrogens with one attached hydrogen (secondary N) is 1. The summed E-state index contributed by atoms with van der Waals surface area (Å²) in [6.45, 7) is 4.60. The molecule has 2 rings (SSSR count). The van der Waals surface area contributed by atoms with Crippen LogP contribution in [0.15, 0.2) is 0 Å². The van der Waals surface area contributed by atoms with Gasteiger partial charge in [-0.25, -0.2) is 0 Å². The standard InChI is InChI=1S/C12H23N3O2/c1-14-4-3-5-15(7-6-14)12(16)11-8-10(17-2)9-13-11/h10-11,13H,3-9H2,1-2H3. The predicted octanol–water partition coefficient (Wildman–Crippen LogP) is -0.473. The molecule has 0 aromatic carbocycles. The number of rotatable bonds is 2. The summed E-state index contributed by atoms with van der Waals surface area (Å²) in [5.74, 6) is 0.250. The van der Waals surface area contributed by atoms with Crippen molar-refractivity contribution in [2.24, 2.45) is 0 Å². The van der Waals surface area contributed by atoms with Gasteiger partial charge in [0.1, 0.15) is 0 Å². The second-order valence-electron chi connectivity index (χ2n) is 5.04. The molecule has 1 N–H and O–H groups in total. The molecule has 2 aliphatic rings. The van der Waals surface area contributed by atoms with Crippen molar-refractivity contribution in [2.45, 2.75) is 25.0 Å². The van der Waals surface area contributed by atoms with Crippen molar-refractivity contribution in [1.29, 1.82) is 0 Å². The zero-order valence-corrected chi connectivity index (χ0v) is 10.8. The maximum atomic E-state index is 12.3. The Morgan fingerprint density at radius 2 is 2.12 bits per heavy atom. The molecule has 0 radical (unpaired) electrons. The van der Waals surface area contributed by atoms with Gasteiger partial charge in [-0.1, -0.05) is 0 Å². The summed E-state index contributed by atoms with van der Waals surface area (Å²) in [4.78, 5) is 16.6. The second kappa shape index (κ2) is 5.80. The quantitative estimate of drug-likeness (QED) is 0.710. The average Bonchev–Trinajstić information content (AvgIpc) is 2.71. The lowest BCUT2D eigenvalue weighted by atomic mass is 10.1. The number of nitrogens with zero attached hydrogens (tertiary/aromatic N) is 2. The number of hydrogen-bond donors (Lipinski definition) is 1. The van der Waals surface area contributed by atoms with Crippen LogP contribution in [-0.2, 0) is 9.53 Å². The van der Waals surface area contributed by atoms with Crippen LogP contribution < -0.4 is 5.32 Å². The number of ether oxygens (including phenoxy) is 1. The van der Waals surface area contributed by atoms with E-state index in [-0.39, 0.29) is 18.1 Å². The molecule has 98 valence electrons. The molecule has 2 heterocycles. The molecule has 5 heteroatoms. The molecule has 0 spiro atoms. The minimum atomic E-state index is -0.0386. The van der Waals surface area contributed by atoms with Crippen molar-refractivity contribution < 1.29 is 9.53 Å². The van der Waals surface area contributed by atoms with Crippen LogP contribution in [0.4, 0.5) is 0 Å². The first-order valence-corrected chi connectivity index (χ1v) is 6.44. The summed E-state index contributed by atoms with van der Waals surface area (Å²) in [6, 6.07) is -0.0386. The van der Waals surface area contributed by atoms with Gasteiger partial charge >= 0.3 is 0 Å². The van der Waals surface area contributed by atoms with Crippen LogP contribution in [0.5, 0.6) is 0 Å². The number of carbonyl (C=O) groups excluding carboxylic acids is 1. The zero-order chi connectivity index (χ0) is 12.3. The molecular formula is C12H23N3O2. The fourth-order valence-corrected chi connectivity index (χ4v) is 2.56. The van der Waals surface area contributed by atoms with Crippen molar-refractivity contribution in [3.8, 4) is 0 Å². The molecule has 1 amide bonds. The highest BCUT2D eigenvalue weighted by Gasteiger charge is 2.32. The van der Waals surface area contributed by atoms with Crippen molar-refractivity contribution in [3.05, 3.63) is 0 Å². The minimum Gasteiger partial charge on any atom is -0.380 e. The number of hydrogen-bond acceptors (Lipinski definition) is 4. The zero-order valence-electron chi connectivity index (χ0n) is 10.8. The highest BCUT2D eigenvalue weighted by atomic mass is 16.5. The summed E-state index contributed by atoms with van der Waals surface area (Å²) < 4.78 is 5.28. The van der Waals surface area contributed by atoms with E-state index in [1.54, 1.807) is 7.11 Å². The van der Waals surface area contributed by atoms with Gasteiger partial charge in [-0.3, -0.25) is 4.79 Å². The van der Waals surface area contributed by atoms with Gasteiger partial charge in [0.15, 0.2) is 0 Å². The molecule has 2 aliphatic heterocycles. The lowest BCUT2D eigenvalue weighted by Crippen LogP contribution is -2.45. The van der Waals surface area contributed by atoms with Gasteiger partial charge < -0.3 is 19.9 Å². The third-order valence-corrected chi connectivity index (χ3v) is 3.75. The third-order valence-electron chi connectivity index (χ3n) is 3.75. The summed E-state index contributed by atoms with van der Waals surface area (Å²) in [6.07, 6.45) is 2.07. The van der Waals surface area contributed by atoms with Crippen LogP contribution >= 0.6 is 0 Å². The van der Waals surface area contributed by atoms with Crippen molar-refractivity contribution in [2.75, 3.05) is 46.9 Å². The first-order chi connectivity index (χ1) is 8.20. The lowest BCUT2D eigenvalue weighted by molar-refractivity contribution is -0.133. The summed E-state index contributed by atoms with van der Waals surface area (Å²) in [5.41, 5.74) is 0. The molecule has 0 aliphatic carbocycles. The second-order valence-corrected chi connectivity index (χ2v) is 5.04. The van der Waals surface area contributed by atoms with Crippen LogP contribution in [0.2, 0.25) is 0 Å². The van der Waals surface area contributed by atoms with E-state index in [2.05, 4.69) is 17.3 Å². The fraction of sp³-hybridized carbons (Fsp3) is 0.917. The Morgan fingerprint density at radius 3 is 2.82 bits per heavy atom. The van der Waals surface area contributed by atoms with Gasteiger partial charge in [-0.05, 0) is 26.4 Å². The number of carbonyl (C=O) groups is 1. The molecule has 17 heavy (non-hydrogen) atoms. The van der Waals surface area contributed by atoms with E-state index in [4.69, 9.17) is 4.74 Å². The molecule has 0 aromatic heterocycles. The first-order valence-electron chi connectivity index (χ1n) is 6.44. The Bertz CT molecular complexity index is 272. The van der Waals surface area contributed by atoms with Crippen molar-refractivity contribution in [1.82, 2.24) is 15.1 Å². The topological polar surface area (TPSA) is 44.8 Å². The van der Waals surface area contributed by atoms with Gasteiger partial charge in [0.2, 0.25) is 5.91 Å². The van der Waals surface area contributed by atoms with Crippen LogP contribution in [0.3, 0.4) is 0 Å². The minimum absolute atomic E-state index is 0.0386. The smallest absolute Gasteiger partial charge is 0.239 e. The van der Waals surface area contributed by atoms with E-state index >= 15 is 0 Å².